The van der Waals surface area contributed by atoms with E-state index in [4.69, 9.17) is 9.47 Å². The molecule has 0 amide bonds. The molecule has 0 bridgehead atoms. The van der Waals surface area contributed by atoms with Gasteiger partial charge >= 0.3 is 6.18 Å². The van der Waals surface area contributed by atoms with Gasteiger partial charge in [0.2, 0.25) is 0 Å². The molecule has 0 radical (unpaired) electrons. The number of alkyl halides is 3. The third kappa shape index (κ3) is 2.44. The molecule has 0 unspecified atom stereocenters. The molecular weight excluding hydrogens is 271 g/mol. The largest absolute Gasteiger partial charge is 0.490 e. The van der Waals surface area contributed by atoms with E-state index in [0.29, 0.717) is 30.3 Å². The fourth-order valence-electron chi connectivity index (χ4n) is 2.34. The maximum atomic E-state index is 12.9. The Kier molecular flexibility index (Phi) is 3.28. The number of nitrogens with one attached hydrogen (secondary N) is 1. The minimum atomic E-state index is -4.20. The second kappa shape index (κ2) is 4.84. The summed E-state index contributed by atoms with van der Waals surface area (Å²) in [6.45, 7) is 1.22. The van der Waals surface area contributed by atoms with Gasteiger partial charge in [0.05, 0.1) is 13.2 Å². The first-order valence-electron chi connectivity index (χ1n) is 6.71. The highest BCUT2D eigenvalue weighted by molar-refractivity contribution is 5.47. The van der Waals surface area contributed by atoms with E-state index in [1.807, 2.05) is 0 Å². The molecule has 1 aliphatic heterocycles. The van der Waals surface area contributed by atoms with Crippen LogP contribution in [0.3, 0.4) is 0 Å². The highest BCUT2D eigenvalue weighted by Crippen LogP contribution is 2.49. The highest BCUT2D eigenvalue weighted by Gasteiger charge is 2.62. The summed E-state index contributed by atoms with van der Waals surface area (Å²) in [6, 6.07) is 5.32. The number of ether oxygens (including phenoxy) is 2. The Morgan fingerprint density at radius 2 is 1.90 bits per heavy atom. The van der Waals surface area contributed by atoms with Gasteiger partial charge in [-0.3, -0.25) is 5.32 Å². The third-order valence-electron chi connectivity index (χ3n) is 3.76. The fourth-order valence-corrected chi connectivity index (χ4v) is 2.34. The average molecular weight is 287 g/mol. The van der Waals surface area contributed by atoms with Crippen molar-refractivity contribution in [3.63, 3.8) is 0 Å². The Hall–Kier alpha value is -1.43. The van der Waals surface area contributed by atoms with Crippen molar-refractivity contribution in [2.75, 3.05) is 13.2 Å². The summed E-state index contributed by atoms with van der Waals surface area (Å²) in [4.78, 5) is 0. The smallest absolute Gasteiger partial charge is 0.406 e. The summed E-state index contributed by atoms with van der Waals surface area (Å²) >= 11 is 0. The number of halogens is 3. The molecule has 1 heterocycles. The summed E-state index contributed by atoms with van der Waals surface area (Å²) in [5.41, 5.74) is -0.999. The molecule has 1 aromatic carbocycles. The molecule has 6 heteroatoms. The quantitative estimate of drug-likeness (QED) is 0.927. The van der Waals surface area contributed by atoms with Crippen molar-refractivity contribution in [1.82, 2.24) is 5.32 Å². The molecule has 3 rings (SSSR count). The molecule has 1 fully saturated rings. The van der Waals surface area contributed by atoms with Crippen LogP contribution in [0.15, 0.2) is 18.2 Å². The first-order valence-corrected chi connectivity index (χ1v) is 6.71. The van der Waals surface area contributed by atoms with Crippen LogP contribution in [0.5, 0.6) is 11.5 Å². The number of hydrogen-bond acceptors (Lipinski definition) is 3. The van der Waals surface area contributed by atoms with Gasteiger partial charge in [-0.1, -0.05) is 12.1 Å². The van der Waals surface area contributed by atoms with Gasteiger partial charge in [0.25, 0.3) is 0 Å². The molecule has 0 atom stereocenters. The second-order valence-corrected chi connectivity index (χ2v) is 5.23. The van der Waals surface area contributed by atoms with E-state index in [-0.39, 0.29) is 19.4 Å². The standard InChI is InChI=1S/C14H16F3NO2/c15-14(16,17)13(5-6-13)18-9-10-3-1-4-11-12(10)20-8-2-7-19-11/h1,3-4,18H,2,5-9H2. The minimum Gasteiger partial charge on any atom is -0.490 e. The number of fused-ring (bicyclic) bond motifs is 1. The van der Waals surface area contributed by atoms with Gasteiger partial charge in [-0.15, -0.1) is 0 Å². The molecule has 3 nitrogen and oxygen atoms in total. The van der Waals surface area contributed by atoms with Crippen LogP contribution in [-0.4, -0.2) is 24.9 Å². The van der Waals surface area contributed by atoms with Gasteiger partial charge in [-0.25, -0.2) is 0 Å². The Morgan fingerprint density at radius 3 is 2.60 bits per heavy atom. The Bertz CT molecular complexity index is 498. The zero-order chi connectivity index (χ0) is 14.2. The maximum absolute atomic E-state index is 12.9. The summed E-state index contributed by atoms with van der Waals surface area (Å²) < 4.78 is 49.8. The van der Waals surface area contributed by atoms with Crippen molar-refractivity contribution in [3.8, 4) is 11.5 Å². The predicted octanol–water partition coefficient (Wildman–Crippen LogP) is 3.03. The summed E-state index contributed by atoms with van der Waals surface area (Å²) in [6.07, 6.45) is -3.14. The number of hydrogen-bond donors (Lipinski definition) is 1. The number of benzene rings is 1. The van der Waals surface area contributed by atoms with Crippen LogP contribution in [0.2, 0.25) is 0 Å². The lowest BCUT2D eigenvalue weighted by atomic mass is 10.1. The Morgan fingerprint density at radius 1 is 1.15 bits per heavy atom. The monoisotopic (exact) mass is 287 g/mol. The van der Waals surface area contributed by atoms with E-state index < -0.39 is 11.7 Å². The molecule has 1 saturated carbocycles. The number of rotatable bonds is 3. The Labute approximate surface area is 115 Å². The highest BCUT2D eigenvalue weighted by atomic mass is 19.4. The average Bonchev–Trinajstić information content (AvgIpc) is 3.20. The first kappa shape index (κ1) is 13.5. The van der Waals surface area contributed by atoms with Crippen molar-refractivity contribution in [3.05, 3.63) is 23.8 Å². The van der Waals surface area contributed by atoms with E-state index in [2.05, 4.69) is 5.32 Å². The molecule has 110 valence electrons. The lowest BCUT2D eigenvalue weighted by molar-refractivity contribution is -0.166. The van der Waals surface area contributed by atoms with Crippen molar-refractivity contribution < 1.29 is 22.6 Å². The summed E-state index contributed by atoms with van der Waals surface area (Å²) in [5.74, 6) is 1.18. The van der Waals surface area contributed by atoms with Gasteiger partial charge in [-0.05, 0) is 18.9 Å². The van der Waals surface area contributed by atoms with E-state index in [1.165, 1.54) is 0 Å². The molecule has 0 aromatic heterocycles. The van der Waals surface area contributed by atoms with Gasteiger partial charge in [0.1, 0.15) is 5.54 Å². The van der Waals surface area contributed by atoms with Crippen molar-refractivity contribution in [1.29, 1.82) is 0 Å². The zero-order valence-corrected chi connectivity index (χ0v) is 10.9. The van der Waals surface area contributed by atoms with Crippen LogP contribution >= 0.6 is 0 Å². The summed E-state index contributed by atoms with van der Waals surface area (Å²) in [7, 11) is 0. The van der Waals surface area contributed by atoms with E-state index in [1.54, 1.807) is 18.2 Å². The molecule has 2 aliphatic rings. The first-order chi connectivity index (χ1) is 9.52. The molecule has 0 saturated heterocycles. The predicted molar refractivity (Wildman–Crippen MR) is 66.9 cm³/mol. The topological polar surface area (TPSA) is 30.5 Å². The molecule has 1 aliphatic carbocycles. The van der Waals surface area contributed by atoms with E-state index in [0.717, 1.165) is 6.42 Å². The normalized spacial score (nSPS) is 20.4. The zero-order valence-electron chi connectivity index (χ0n) is 10.9. The van der Waals surface area contributed by atoms with Crippen LogP contribution in [0.1, 0.15) is 24.8 Å². The lowest BCUT2D eigenvalue weighted by Crippen LogP contribution is -2.44. The van der Waals surface area contributed by atoms with Crippen LogP contribution in [0.4, 0.5) is 13.2 Å². The third-order valence-corrected chi connectivity index (χ3v) is 3.76. The van der Waals surface area contributed by atoms with Crippen molar-refractivity contribution >= 4 is 0 Å². The number of para-hydroxylation sites is 1. The maximum Gasteiger partial charge on any atom is 0.406 e. The van der Waals surface area contributed by atoms with Crippen LogP contribution in [0.25, 0.3) is 0 Å². The molecule has 20 heavy (non-hydrogen) atoms. The molecule has 0 spiro atoms. The molecule has 1 N–H and O–H groups in total. The van der Waals surface area contributed by atoms with E-state index >= 15 is 0 Å². The molecular formula is C14H16F3NO2. The van der Waals surface area contributed by atoms with E-state index in [9.17, 15) is 13.2 Å². The van der Waals surface area contributed by atoms with Gasteiger partial charge < -0.3 is 9.47 Å². The lowest BCUT2D eigenvalue weighted by Gasteiger charge is -2.21. The fraction of sp³-hybridized carbons (Fsp3) is 0.571. The SMILES string of the molecule is FC(F)(F)C1(NCc2cccc3c2OCCCO3)CC1. The second-order valence-electron chi connectivity index (χ2n) is 5.23. The van der Waals surface area contributed by atoms with Gasteiger partial charge in [0.15, 0.2) is 11.5 Å². The van der Waals surface area contributed by atoms with Crippen LogP contribution < -0.4 is 14.8 Å². The van der Waals surface area contributed by atoms with Crippen LogP contribution in [0, 0.1) is 0 Å². The van der Waals surface area contributed by atoms with Gasteiger partial charge in [-0.2, -0.15) is 13.2 Å². The van der Waals surface area contributed by atoms with Crippen molar-refractivity contribution in [2.24, 2.45) is 0 Å². The van der Waals surface area contributed by atoms with Crippen molar-refractivity contribution in [2.45, 2.75) is 37.5 Å². The molecule has 1 aromatic rings. The Balaban J connectivity index is 1.75. The van der Waals surface area contributed by atoms with Gasteiger partial charge in [0, 0.05) is 18.5 Å². The summed E-state index contributed by atoms with van der Waals surface area (Å²) in [5, 5.41) is 2.64. The minimum absolute atomic E-state index is 0.131. The van der Waals surface area contributed by atoms with Crippen LogP contribution in [-0.2, 0) is 6.54 Å².